The molecular weight excluding hydrogens is 253 g/mol. The summed E-state index contributed by atoms with van der Waals surface area (Å²) < 4.78 is 61.5. The van der Waals surface area contributed by atoms with Crippen molar-refractivity contribution >= 4 is 11.5 Å². The molecule has 1 aromatic heterocycles. The highest BCUT2D eigenvalue weighted by molar-refractivity contribution is 5.51. The number of nitrogens with zero attached hydrogens (tertiary/aromatic N) is 2. The number of nitro groups is 1. The first kappa shape index (κ1) is 13.1. The zero-order chi connectivity index (χ0) is 13.4. The Morgan fingerprint density at radius 3 is 2.29 bits per heavy atom. The van der Waals surface area contributed by atoms with Crippen LogP contribution in [0.2, 0.25) is 0 Å². The number of anilines is 1. The van der Waals surface area contributed by atoms with Crippen LogP contribution in [0, 0.1) is 10.1 Å². The molecule has 1 aromatic rings. The Kier molecular flexibility index (Phi) is 3.16. The van der Waals surface area contributed by atoms with Crippen LogP contribution in [0.25, 0.3) is 0 Å². The monoisotopic (exact) mass is 257 g/mol. The van der Waals surface area contributed by atoms with Crippen LogP contribution in [0.15, 0.2) is 6.07 Å². The lowest BCUT2D eigenvalue weighted by Crippen LogP contribution is -2.13. The third kappa shape index (κ3) is 2.57. The van der Waals surface area contributed by atoms with Gasteiger partial charge in [0.25, 0.3) is 12.1 Å². The summed E-state index contributed by atoms with van der Waals surface area (Å²) in [6.45, 7) is 0. The van der Waals surface area contributed by atoms with Crippen LogP contribution in [0.5, 0.6) is 0 Å². The van der Waals surface area contributed by atoms with E-state index in [4.69, 9.17) is 5.73 Å². The summed E-state index contributed by atoms with van der Waals surface area (Å²) in [5.74, 6) is -1.22. The van der Waals surface area contributed by atoms with Crippen molar-refractivity contribution in [1.29, 1.82) is 0 Å². The van der Waals surface area contributed by atoms with E-state index in [0.29, 0.717) is 0 Å². The zero-order valence-electron chi connectivity index (χ0n) is 7.83. The van der Waals surface area contributed by atoms with Crippen molar-refractivity contribution in [3.63, 3.8) is 0 Å². The van der Waals surface area contributed by atoms with Crippen molar-refractivity contribution in [2.45, 2.75) is 12.6 Å². The van der Waals surface area contributed by atoms with Crippen LogP contribution in [-0.2, 0) is 6.18 Å². The maximum Gasteiger partial charge on any atom is 0.420 e. The number of rotatable bonds is 2. The fourth-order valence-electron chi connectivity index (χ4n) is 1.07. The van der Waals surface area contributed by atoms with E-state index in [1.54, 1.807) is 0 Å². The lowest BCUT2D eigenvalue weighted by Gasteiger charge is -2.10. The van der Waals surface area contributed by atoms with Gasteiger partial charge in [-0.15, -0.1) is 0 Å². The van der Waals surface area contributed by atoms with Crippen LogP contribution in [-0.4, -0.2) is 9.91 Å². The normalized spacial score (nSPS) is 11.9. The van der Waals surface area contributed by atoms with Gasteiger partial charge in [-0.1, -0.05) is 0 Å². The van der Waals surface area contributed by atoms with E-state index in [9.17, 15) is 32.1 Å². The molecule has 0 saturated heterocycles. The SMILES string of the molecule is Nc1nc(C(F)F)c([N+](=O)[O-])cc1C(F)(F)F. The number of nitrogen functional groups attached to an aromatic ring is 1. The third-order valence-corrected chi connectivity index (χ3v) is 1.77. The van der Waals surface area contributed by atoms with Gasteiger partial charge >= 0.3 is 6.18 Å². The summed E-state index contributed by atoms with van der Waals surface area (Å²) in [7, 11) is 0. The molecule has 0 unspecified atom stereocenters. The second-order valence-corrected chi connectivity index (χ2v) is 2.88. The highest BCUT2D eigenvalue weighted by atomic mass is 19.4. The highest BCUT2D eigenvalue weighted by Gasteiger charge is 2.38. The number of alkyl halides is 5. The van der Waals surface area contributed by atoms with Crippen molar-refractivity contribution in [2.75, 3.05) is 5.73 Å². The Balaban J connectivity index is 3.51. The molecule has 17 heavy (non-hydrogen) atoms. The maximum atomic E-state index is 12.3. The summed E-state index contributed by atoms with van der Waals surface area (Å²) >= 11 is 0. The summed E-state index contributed by atoms with van der Waals surface area (Å²) in [5.41, 5.74) is 0.407. The molecule has 1 heterocycles. The highest BCUT2D eigenvalue weighted by Crippen LogP contribution is 2.37. The first-order chi connectivity index (χ1) is 7.64. The maximum absolute atomic E-state index is 12.3. The van der Waals surface area contributed by atoms with Gasteiger partial charge in [0.1, 0.15) is 11.4 Å². The number of hydrogen-bond acceptors (Lipinski definition) is 4. The van der Waals surface area contributed by atoms with Crippen LogP contribution in [0.4, 0.5) is 33.5 Å². The van der Waals surface area contributed by atoms with E-state index in [1.165, 1.54) is 0 Å². The molecule has 10 heteroatoms. The Morgan fingerprint density at radius 2 is 1.94 bits per heavy atom. The zero-order valence-corrected chi connectivity index (χ0v) is 7.83. The van der Waals surface area contributed by atoms with E-state index < -0.39 is 40.3 Å². The van der Waals surface area contributed by atoms with Crippen molar-refractivity contribution in [3.05, 3.63) is 27.4 Å². The predicted molar refractivity (Wildman–Crippen MR) is 45.3 cm³/mol. The van der Waals surface area contributed by atoms with Gasteiger partial charge in [0.05, 0.1) is 4.92 Å². The Labute approximate surface area is 90.2 Å². The van der Waals surface area contributed by atoms with Crippen LogP contribution in [0.1, 0.15) is 17.7 Å². The number of halogens is 5. The van der Waals surface area contributed by atoms with Crippen molar-refractivity contribution < 1.29 is 26.9 Å². The molecule has 0 aliphatic heterocycles. The molecule has 1 rings (SSSR count). The molecule has 0 fully saturated rings. The molecule has 0 amide bonds. The molecule has 0 bridgehead atoms. The van der Waals surface area contributed by atoms with Crippen LogP contribution < -0.4 is 5.73 Å². The minimum atomic E-state index is -5.00. The fraction of sp³-hybridized carbons (Fsp3) is 0.286. The number of hydrogen-bond donors (Lipinski definition) is 1. The predicted octanol–water partition coefficient (Wildman–Crippen LogP) is 2.53. The average molecular weight is 257 g/mol. The van der Waals surface area contributed by atoms with Crippen LogP contribution >= 0.6 is 0 Å². The molecule has 0 atom stereocenters. The Bertz CT molecular complexity index is 460. The second kappa shape index (κ2) is 4.11. The van der Waals surface area contributed by atoms with E-state index >= 15 is 0 Å². The van der Waals surface area contributed by atoms with Gasteiger partial charge in [0.2, 0.25) is 0 Å². The van der Waals surface area contributed by atoms with Gasteiger partial charge in [0.15, 0.2) is 5.69 Å². The molecule has 0 aliphatic carbocycles. The smallest absolute Gasteiger partial charge is 0.383 e. The molecule has 0 saturated carbocycles. The summed E-state index contributed by atoms with van der Waals surface area (Å²) in [4.78, 5) is 11.7. The fourth-order valence-corrected chi connectivity index (χ4v) is 1.07. The van der Waals surface area contributed by atoms with Gasteiger partial charge in [-0.25, -0.2) is 13.8 Å². The molecule has 0 aliphatic rings. The van der Waals surface area contributed by atoms with Crippen molar-refractivity contribution in [2.24, 2.45) is 0 Å². The van der Waals surface area contributed by atoms with Crippen LogP contribution in [0.3, 0.4) is 0 Å². The minimum Gasteiger partial charge on any atom is -0.383 e. The molecule has 0 spiro atoms. The molecule has 0 aromatic carbocycles. The average Bonchev–Trinajstić information content (AvgIpc) is 2.14. The topological polar surface area (TPSA) is 82.0 Å². The standard InChI is InChI=1S/C7H4F5N3O2/c8-5(9)4-3(15(16)17)1-2(6(13)14-4)7(10,11)12/h1,5H,(H2,13,14). The van der Waals surface area contributed by atoms with Crippen molar-refractivity contribution in [1.82, 2.24) is 4.98 Å². The number of pyridine rings is 1. The number of nitrogens with two attached hydrogens (primary N) is 1. The van der Waals surface area contributed by atoms with Gasteiger partial charge < -0.3 is 5.73 Å². The van der Waals surface area contributed by atoms with Gasteiger partial charge in [-0.3, -0.25) is 10.1 Å². The lowest BCUT2D eigenvalue weighted by molar-refractivity contribution is -0.386. The second-order valence-electron chi connectivity index (χ2n) is 2.88. The van der Waals surface area contributed by atoms with Gasteiger partial charge in [0, 0.05) is 6.07 Å². The van der Waals surface area contributed by atoms with E-state index in [2.05, 4.69) is 4.98 Å². The molecule has 2 N–H and O–H groups in total. The number of aromatic nitrogens is 1. The lowest BCUT2D eigenvalue weighted by atomic mass is 10.2. The first-order valence-corrected chi connectivity index (χ1v) is 3.94. The van der Waals surface area contributed by atoms with Gasteiger partial charge in [-0.2, -0.15) is 13.2 Å². The Hall–Kier alpha value is -2.00. The summed E-state index contributed by atoms with van der Waals surface area (Å²) in [6.07, 6.45) is -8.39. The van der Waals surface area contributed by atoms with Crippen molar-refractivity contribution in [3.8, 4) is 0 Å². The first-order valence-electron chi connectivity index (χ1n) is 3.94. The van der Waals surface area contributed by atoms with E-state index in [1.807, 2.05) is 0 Å². The van der Waals surface area contributed by atoms with E-state index in [0.717, 1.165) is 0 Å². The summed E-state index contributed by atoms with van der Waals surface area (Å²) in [6, 6.07) is -0.0518. The van der Waals surface area contributed by atoms with E-state index in [-0.39, 0.29) is 6.07 Å². The molecule has 0 radical (unpaired) electrons. The molecule has 5 nitrogen and oxygen atoms in total. The minimum absolute atomic E-state index is 0.0518. The molecular formula is C7H4F5N3O2. The third-order valence-electron chi connectivity index (χ3n) is 1.77. The largest absolute Gasteiger partial charge is 0.420 e. The Morgan fingerprint density at radius 1 is 1.41 bits per heavy atom. The quantitative estimate of drug-likeness (QED) is 0.501. The summed E-state index contributed by atoms with van der Waals surface area (Å²) in [5, 5.41) is 10.3. The molecule has 94 valence electrons. The van der Waals surface area contributed by atoms with Gasteiger partial charge in [-0.05, 0) is 0 Å².